The minimum atomic E-state index is -0.398. The van der Waals surface area contributed by atoms with Crippen molar-refractivity contribution in [2.45, 2.75) is 32.4 Å². The number of anilines is 2. The second-order valence-corrected chi connectivity index (χ2v) is 4.83. The third-order valence-corrected chi connectivity index (χ3v) is 3.23. The Morgan fingerprint density at radius 1 is 1.50 bits per heavy atom. The lowest BCUT2D eigenvalue weighted by molar-refractivity contribution is 0.496. The summed E-state index contributed by atoms with van der Waals surface area (Å²) in [7, 11) is 0. The van der Waals surface area contributed by atoms with Gasteiger partial charge in [-0.15, -0.1) is 0 Å². The van der Waals surface area contributed by atoms with E-state index in [1.54, 1.807) is 6.26 Å². The number of halogens is 1. The first kappa shape index (κ1) is 12.9. The summed E-state index contributed by atoms with van der Waals surface area (Å²) >= 11 is 0. The lowest BCUT2D eigenvalue weighted by atomic mass is 10.3. The molecule has 2 heterocycles. The summed E-state index contributed by atoms with van der Waals surface area (Å²) in [6.45, 7) is 3.18. The van der Waals surface area contributed by atoms with Gasteiger partial charge in [-0.05, 0) is 31.9 Å². The average Bonchev–Trinajstić information content (AvgIpc) is 3.16. The van der Waals surface area contributed by atoms with Gasteiger partial charge in [-0.25, -0.2) is 9.37 Å². The summed E-state index contributed by atoms with van der Waals surface area (Å²) in [5, 5.41) is 3.01. The van der Waals surface area contributed by atoms with Crippen molar-refractivity contribution in [2.24, 2.45) is 0 Å². The molecule has 0 saturated heterocycles. The largest absolute Gasteiger partial charge is 0.467 e. The molecular formula is C14H17FN4O. The summed E-state index contributed by atoms with van der Waals surface area (Å²) in [6, 6.07) is 4.06. The van der Waals surface area contributed by atoms with Gasteiger partial charge < -0.3 is 14.6 Å². The van der Waals surface area contributed by atoms with E-state index in [-0.39, 0.29) is 0 Å². The zero-order chi connectivity index (χ0) is 13.9. The van der Waals surface area contributed by atoms with Gasteiger partial charge in [0.25, 0.3) is 0 Å². The monoisotopic (exact) mass is 276 g/mol. The molecule has 1 aliphatic carbocycles. The van der Waals surface area contributed by atoms with Crippen molar-refractivity contribution < 1.29 is 8.81 Å². The number of rotatable bonds is 6. The van der Waals surface area contributed by atoms with E-state index in [0.29, 0.717) is 30.9 Å². The van der Waals surface area contributed by atoms with Gasteiger partial charge in [0.1, 0.15) is 5.76 Å². The van der Waals surface area contributed by atoms with Gasteiger partial charge >= 0.3 is 0 Å². The normalized spacial score (nSPS) is 14.3. The molecule has 0 aromatic carbocycles. The number of hydrogen-bond acceptors (Lipinski definition) is 5. The summed E-state index contributed by atoms with van der Waals surface area (Å²) < 4.78 is 19.4. The number of hydrogen-bond donors (Lipinski definition) is 1. The average molecular weight is 276 g/mol. The molecule has 5 nitrogen and oxygen atoms in total. The van der Waals surface area contributed by atoms with E-state index in [2.05, 4.69) is 15.3 Å². The third kappa shape index (κ3) is 2.74. The lowest BCUT2D eigenvalue weighted by Gasteiger charge is -2.23. The topological polar surface area (TPSA) is 54.2 Å². The maximum atomic E-state index is 14.1. The highest BCUT2D eigenvalue weighted by atomic mass is 19.1. The molecule has 0 atom stereocenters. The second-order valence-electron chi connectivity index (χ2n) is 4.83. The second kappa shape index (κ2) is 5.48. The molecule has 0 radical (unpaired) electrons. The molecule has 2 aromatic rings. The Hall–Kier alpha value is -2.11. The zero-order valence-electron chi connectivity index (χ0n) is 11.3. The van der Waals surface area contributed by atoms with Crippen LogP contribution in [0, 0.1) is 5.82 Å². The molecule has 1 fully saturated rings. The fraction of sp³-hybridized carbons (Fsp3) is 0.429. The van der Waals surface area contributed by atoms with E-state index >= 15 is 0 Å². The number of nitrogens with one attached hydrogen (secondary N) is 1. The van der Waals surface area contributed by atoms with E-state index in [1.807, 2.05) is 24.0 Å². The van der Waals surface area contributed by atoms with Gasteiger partial charge in [0.2, 0.25) is 5.95 Å². The highest BCUT2D eigenvalue weighted by Gasteiger charge is 2.32. The van der Waals surface area contributed by atoms with Crippen LogP contribution in [0.1, 0.15) is 25.5 Å². The molecule has 0 aliphatic heterocycles. The van der Waals surface area contributed by atoms with E-state index in [9.17, 15) is 4.39 Å². The van der Waals surface area contributed by atoms with Gasteiger partial charge in [0, 0.05) is 12.6 Å². The van der Waals surface area contributed by atoms with Crippen LogP contribution < -0.4 is 10.2 Å². The minimum Gasteiger partial charge on any atom is -0.467 e. The van der Waals surface area contributed by atoms with Crippen molar-refractivity contribution in [2.75, 3.05) is 16.8 Å². The molecule has 0 amide bonds. The number of aromatic nitrogens is 2. The predicted octanol–water partition coefficient (Wildman–Crippen LogP) is 2.81. The maximum Gasteiger partial charge on any atom is 0.224 e. The van der Waals surface area contributed by atoms with Crippen LogP contribution in [0.25, 0.3) is 0 Å². The third-order valence-electron chi connectivity index (χ3n) is 3.23. The first-order chi connectivity index (χ1) is 9.78. The predicted molar refractivity (Wildman–Crippen MR) is 74.1 cm³/mol. The van der Waals surface area contributed by atoms with Crippen LogP contribution in [-0.4, -0.2) is 22.6 Å². The fourth-order valence-corrected chi connectivity index (χ4v) is 2.14. The molecule has 106 valence electrons. The van der Waals surface area contributed by atoms with Gasteiger partial charge in [-0.3, -0.25) is 0 Å². The van der Waals surface area contributed by atoms with Crippen LogP contribution >= 0.6 is 0 Å². The molecule has 1 saturated carbocycles. The van der Waals surface area contributed by atoms with Crippen molar-refractivity contribution in [1.29, 1.82) is 0 Å². The lowest BCUT2D eigenvalue weighted by Crippen LogP contribution is -2.27. The number of furan rings is 1. The first-order valence-corrected chi connectivity index (χ1v) is 6.83. The Labute approximate surface area is 116 Å². The van der Waals surface area contributed by atoms with Gasteiger partial charge in [-0.1, -0.05) is 0 Å². The first-order valence-electron chi connectivity index (χ1n) is 6.83. The van der Waals surface area contributed by atoms with Gasteiger partial charge in [0.15, 0.2) is 11.6 Å². The smallest absolute Gasteiger partial charge is 0.224 e. The van der Waals surface area contributed by atoms with Crippen LogP contribution in [0.2, 0.25) is 0 Å². The van der Waals surface area contributed by atoms with Gasteiger partial charge in [0.05, 0.1) is 19.0 Å². The summed E-state index contributed by atoms with van der Waals surface area (Å²) in [5.41, 5.74) is 0. The summed E-state index contributed by atoms with van der Waals surface area (Å²) in [5.74, 6) is 1.20. The fourth-order valence-electron chi connectivity index (χ4n) is 2.14. The summed E-state index contributed by atoms with van der Waals surface area (Å²) in [4.78, 5) is 10.2. The molecule has 1 N–H and O–H groups in total. The molecule has 0 unspecified atom stereocenters. The summed E-state index contributed by atoms with van der Waals surface area (Å²) in [6.07, 6.45) is 4.96. The van der Waals surface area contributed by atoms with Crippen molar-refractivity contribution >= 4 is 11.8 Å². The van der Waals surface area contributed by atoms with Crippen molar-refractivity contribution in [3.05, 3.63) is 36.2 Å². The standard InChI is InChI=1S/C14H17FN4O/c1-2-16-14-17-8-12(15)13(18-14)19(10-5-6-10)9-11-4-3-7-20-11/h3-4,7-8,10H,2,5-6,9H2,1H3,(H,16,17,18). The molecule has 0 bridgehead atoms. The van der Waals surface area contributed by atoms with Crippen LogP contribution in [-0.2, 0) is 6.54 Å². The van der Waals surface area contributed by atoms with Crippen LogP contribution in [0.5, 0.6) is 0 Å². The molecule has 3 rings (SSSR count). The van der Waals surface area contributed by atoms with Gasteiger partial charge in [-0.2, -0.15) is 4.98 Å². The molecule has 0 spiro atoms. The Balaban J connectivity index is 1.88. The van der Waals surface area contributed by atoms with E-state index < -0.39 is 5.82 Å². The number of nitrogens with zero attached hydrogens (tertiary/aromatic N) is 3. The zero-order valence-corrected chi connectivity index (χ0v) is 11.3. The quantitative estimate of drug-likeness (QED) is 0.879. The van der Waals surface area contributed by atoms with E-state index in [1.165, 1.54) is 6.20 Å². The van der Waals surface area contributed by atoms with E-state index in [4.69, 9.17) is 4.42 Å². The maximum absolute atomic E-state index is 14.1. The Morgan fingerprint density at radius 3 is 3.00 bits per heavy atom. The molecule has 20 heavy (non-hydrogen) atoms. The van der Waals surface area contributed by atoms with Crippen molar-refractivity contribution in [1.82, 2.24) is 9.97 Å². The van der Waals surface area contributed by atoms with Crippen LogP contribution in [0.15, 0.2) is 29.0 Å². The molecule has 2 aromatic heterocycles. The Kier molecular flexibility index (Phi) is 3.54. The molecule has 6 heteroatoms. The SMILES string of the molecule is CCNc1ncc(F)c(N(Cc2ccco2)C2CC2)n1. The highest BCUT2D eigenvalue weighted by Crippen LogP contribution is 2.33. The Morgan fingerprint density at radius 2 is 2.35 bits per heavy atom. The van der Waals surface area contributed by atoms with E-state index in [0.717, 1.165) is 18.6 Å². The van der Waals surface area contributed by atoms with Crippen LogP contribution in [0.3, 0.4) is 0 Å². The minimum absolute atomic E-state index is 0.332. The molecular weight excluding hydrogens is 259 g/mol. The molecule has 1 aliphatic rings. The van der Waals surface area contributed by atoms with Crippen molar-refractivity contribution in [3.8, 4) is 0 Å². The van der Waals surface area contributed by atoms with Crippen LogP contribution in [0.4, 0.5) is 16.2 Å². The van der Waals surface area contributed by atoms with Crippen molar-refractivity contribution in [3.63, 3.8) is 0 Å². The highest BCUT2D eigenvalue weighted by molar-refractivity contribution is 5.46. The Bertz CT molecular complexity index is 569.